The predicted octanol–water partition coefficient (Wildman–Crippen LogP) is 0.0106. The molecule has 3 N–H and O–H groups in total. The van der Waals surface area contributed by atoms with E-state index in [0.717, 1.165) is 0 Å². The molecule has 4 nitrogen and oxygen atoms in total. The molecule has 1 atom stereocenters. The van der Waals surface area contributed by atoms with E-state index in [0.29, 0.717) is 0 Å². The number of nitrogens with two attached hydrogens (primary N) is 1. The van der Waals surface area contributed by atoms with Crippen molar-refractivity contribution in [3.8, 4) is 0 Å². The zero-order valence-electron chi connectivity index (χ0n) is 6.66. The summed E-state index contributed by atoms with van der Waals surface area (Å²) in [6, 6.07) is 0. The van der Waals surface area contributed by atoms with Crippen LogP contribution >= 0.6 is 15.9 Å². The Labute approximate surface area is 83.2 Å². The van der Waals surface area contributed by atoms with Gasteiger partial charge in [-0.05, 0) is 34.2 Å². The molecule has 1 unspecified atom stereocenters. The van der Waals surface area contributed by atoms with Crippen molar-refractivity contribution in [2.45, 2.75) is 12.0 Å². The maximum Gasteiger partial charge on any atom is 0.220 e. The summed E-state index contributed by atoms with van der Waals surface area (Å²) in [7, 11) is 0. The molecule has 0 radical (unpaired) electrons. The third-order valence-electron chi connectivity index (χ3n) is 1.59. The second kappa shape index (κ2) is 3.43. The first kappa shape index (κ1) is 10.1. The highest BCUT2D eigenvalue weighted by molar-refractivity contribution is 9.12. The lowest BCUT2D eigenvalue weighted by Gasteiger charge is -2.21. The first-order chi connectivity index (χ1) is 5.93. The fourth-order valence-corrected chi connectivity index (χ4v) is 1.56. The predicted molar refractivity (Wildman–Crippen MR) is 49.9 cm³/mol. The first-order valence-corrected chi connectivity index (χ1v) is 4.35. The number of rotatable bonds is 2. The van der Waals surface area contributed by atoms with Crippen LogP contribution in [0.2, 0.25) is 0 Å². The van der Waals surface area contributed by atoms with Gasteiger partial charge >= 0.3 is 0 Å². The topological polar surface area (TPSA) is 80.4 Å². The van der Waals surface area contributed by atoms with Crippen LogP contribution in [-0.4, -0.2) is 22.4 Å². The minimum Gasteiger partial charge on any atom is -0.381 e. The van der Waals surface area contributed by atoms with Crippen LogP contribution in [-0.2, 0) is 9.59 Å². The molecular formula is C8H8BrNO3. The fraction of sp³-hybridized carbons (Fsp3) is 0.250. The van der Waals surface area contributed by atoms with Crippen LogP contribution < -0.4 is 5.73 Å². The number of allylic oxidation sites excluding steroid dienone is 2. The Hall–Kier alpha value is -0.940. The Bertz CT molecular complexity index is 321. The van der Waals surface area contributed by atoms with Gasteiger partial charge in [-0.1, -0.05) is 0 Å². The summed E-state index contributed by atoms with van der Waals surface area (Å²) < 4.78 is 0.235. The van der Waals surface area contributed by atoms with E-state index in [1.165, 1.54) is 18.2 Å². The smallest absolute Gasteiger partial charge is 0.220 e. The Morgan fingerprint density at radius 3 is 2.77 bits per heavy atom. The molecule has 70 valence electrons. The quantitative estimate of drug-likeness (QED) is 0.720. The maximum absolute atomic E-state index is 10.9. The number of halogens is 1. The molecule has 0 spiro atoms. The lowest BCUT2D eigenvalue weighted by molar-refractivity contribution is -0.120. The molecule has 0 aliphatic heterocycles. The van der Waals surface area contributed by atoms with Gasteiger partial charge in [0, 0.05) is 0 Å². The number of aliphatic hydroxyl groups is 1. The van der Waals surface area contributed by atoms with E-state index in [2.05, 4.69) is 15.9 Å². The van der Waals surface area contributed by atoms with E-state index >= 15 is 0 Å². The standard InChI is InChI=1S/C8H8BrNO3/c9-5-3-8(13,4-7(10)12)2-1-6(5)11/h1-3,13H,4H2,(H2,10,12). The van der Waals surface area contributed by atoms with Crippen molar-refractivity contribution in [2.24, 2.45) is 5.73 Å². The Morgan fingerprint density at radius 1 is 1.69 bits per heavy atom. The largest absolute Gasteiger partial charge is 0.381 e. The van der Waals surface area contributed by atoms with Crippen LogP contribution in [0, 0.1) is 0 Å². The van der Waals surface area contributed by atoms with Gasteiger partial charge in [-0.25, -0.2) is 0 Å². The van der Waals surface area contributed by atoms with Crippen molar-refractivity contribution in [1.82, 2.24) is 0 Å². The first-order valence-electron chi connectivity index (χ1n) is 3.55. The normalized spacial score (nSPS) is 27.2. The van der Waals surface area contributed by atoms with Gasteiger partial charge in [0.05, 0.1) is 10.9 Å². The summed E-state index contributed by atoms with van der Waals surface area (Å²) in [6.45, 7) is 0. The van der Waals surface area contributed by atoms with Gasteiger partial charge in [-0.2, -0.15) is 0 Å². The fourth-order valence-electron chi connectivity index (χ4n) is 1.03. The molecule has 0 heterocycles. The Kier molecular flexibility index (Phi) is 2.68. The van der Waals surface area contributed by atoms with Gasteiger partial charge in [0.15, 0.2) is 5.78 Å². The minimum absolute atomic E-state index is 0.230. The van der Waals surface area contributed by atoms with Gasteiger partial charge in [0.2, 0.25) is 5.91 Å². The molecule has 0 aromatic carbocycles. The van der Waals surface area contributed by atoms with Gasteiger partial charge in [-0.15, -0.1) is 0 Å². The molecule has 0 saturated heterocycles. The molecule has 13 heavy (non-hydrogen) atoms. The van der Waals surface area contributed by atoms with Gasteiger partial charge < -0.3 is 10.8 Å². The van der Waals surface area contributed by atoms with Crippen molar-refractivity contribution in [3.05, 3.63) is 22.7 Å². The number of hydrogen-bond donors (Lipinski definition) is 2. The van der Waals surface area contributed by atoms with Crippen molar-refractivity contribution >= 4 is 27.6 Å². The number of carbonyl (C=O) groups excluding carboxylic acids is 2. The van der Waals surface area contributed by atoms with Gasteiger partial charge in [0.1, 0.15) is 5.60 Å². The summed E-state index contributed by atoms with van der Waals surface area (Å²) in [5.74, 6) is -0.868. The Balaban J connectivity index is 2.88. The summed E-state index contributed by atoms with van der Waals surface area (Å²) in [6.07, 6.45) is 3.49. The third kappa shape index (κ3) is 2.50. The molecule has 1 aliphatic carbocycles. The van der Waals surface area contributed by atoms with Crippen molar-refractivity contribution < 1.29 is 14.7 Å². The number of ketones is 1. The van der Waals surface area contributed by atoms with Crippen molar-refractivity contribution in [1.29, 1.82) is 0 Å². The molecule has 0 bridgehead atoms. The second-order valence-corrected chi connectivity index (χ2v) is 3.68. The van der Waals surface area contributed by atoms with Crippen LogP contribution in [0.4, 0.5) is 0 Å². The van der Waals surface area contributed by atoms with E-state index in [-0.39, 0.29) is 16.7 Å². The van der Waals surface area contributed by atoms with E-state index in [4.69, 9.17) is 5.73 Å². The van der Waals surface area contributed by atoms with E-state index in [1.807, 2.05) is 0 Å². The zero-order valence-corrected chi connectivity index (χ0v) is 8.24. The van der Waals surface area contributed by atoms with Crippen molar-refractivity contribution in [3.63, 3.8) is 0 Å². The molecule has 1 rings (SSSR count). The average molecular weight is 246 g/mol. The SMILES string of the molecule is NC(=O)CC1(O)C=CC(=O)C(Br)=C1. The second-order valence-electron chi connectivity index (χ2n) is 2.82. The molecule has 0 aromatic rings. The highest BCUT2D eigenvalue weighted by atomic mass is 79.9. The van der Waals surface area contributed by atoms with Crippen molar-refractivity contribution in [2.75, 3.05) is 0 Å². The van der Waals surface area contributed by atoms with E-state index in [1.54, 1.807) is 0 Å². The summed E-state index contributed by atoms with van der Waals surface area (Å²) in [5, 5.41) is 9.68. The highest BCUT2D eigenvalue weighted by Crippen LogP contribution is 2.24. The number of carbonyl (C=O) groups is 2. The summed E-state index contributed by atoms with van der Waals surface area (Å²) in [5.41, 5.74) is 3.49. The minimum atomic E-state index is -1.43. The summed E-state index contributed by atoms with van der Waals surface area (Å²) >= 11 is 2.97. The molecule has 1 aliphatic rings. The van der Waals surface area contributed by atoms with Crippen LogP contribution in [0.15, 0.2) is 22.7 Å². The monoisotopic (exact) mass is 245 g/mol. The number of amides is 1. The van der Waals surface area contributed by atoms with Gasteiger partial charge in [-0.3, -0.25) is 9.59 Å². The lowest BCUT2D eigenvalue weighted by Crippen LogP contribution is -2.32. The third-order valence-corrected chi connectivity index (χ3v) is 2.21. The van der Waals surface area contributed by atoms with E-state index < -0.39 is 11.5 Å². The number of primary amides is 1. The maximum atomic E-state index is 10.9. The molecule has 0 saturated carbocycles. The van der Waals surface area contributed by atoms with Gasteiger partial charge in [0.25, 0.3) is 0 Å². The molecule has 5 heteroatoms. The molecular weight excluding hydrogens is 238 g/mol. The average Bonchev–Trinajstić information content (AvgIpc) is 1.96. The lowest BCUT2D eigenvalue weighted by atomic mass is 9.94. The van der Waals surface area contributed by atoms with Crippen LogP contribution in [0.3, 0.4) is 0 Å². The molecule has 0 aromatic heterocycles. The van der Waals surface area contributed by atoms with Crippen LogP contribution in [0.25, 0.3) is 0 Å². The summed E-state index contributed by atoms with van der Waals surface area (Å²) in [4.78, 5) is 21.5. The molecule has 1 amide bonds. The highest BCUT2D eigenvalue weighted by Gasteiger charge is 2.28. The Morgan fingerprint density at radius 2 is 2.31 bits per heavy atom. The van der Waals surface area contributed by atoms with Crippen LogP contribution in [0.5, 0.6) is 0 Å². The molecule has 0 fully saturated rings. The zero-order chi connectivity index (χ0) is 10.1. The number of hydrogen-bond acceptors (Lipinski definition) is 3. The van der Waals surface area contributed by atoms with Crippen LogP contribution in [0.1, 0.15) is 6.42 Å². The van der Waals surface area contributed by atoms with E-state index in [9.17, 15) is 14.7 Å².